The first kappa shape index (κ1) is 23.8. The van der Waals surface area contributed by atoms with Crippen molar-refractivity contribution >= 4 is 16.9 Å². The normalized spacial score (nSPS) is 14.3. The van der Waals surface area contributed by atoms with Crippen LogP contribution in [0.25, 0.3) is 17.0 Å². The summed E-state index contributed by atoms with van der Waals surface area (Å²) >= 11 is 0. The number of piperidine rings is 1. The number of likely N-dealkylation sites (tertiary alicyclic amines) is 1. The number of hydrogen-bond acceptors (Lipinski definition) is 4. The number of halogens is 1. The first-order valence-electron chi connectivity index (χ1n) is 12.8. The zero-order chi connectivity index (χ0) is 26.1. The summed E-state index contributed by atoms with van der Waals surface area (Å²) in [5.41, 5.74) is 4.46. The minimum Gasteiger partial charge on any atom is -0.337 e. The van der Waals surface area contributed by atoms with Gasteiger partial charge in [-0.2, -0.15) is 4.68 Å². The number of carbonyl (C=O) groups is 1. The second-order valence-corrected chi connectivity index (χ2v) is 9.63. The van der Waals surface area contributed by atoms with Gasteiger partial charge in [0.2, 0.25) is 5.95 Å². The van der Waals surface area contributed by atoms with Crippen LogP contribution in [0, 0.1) is 5.82 Å². The quantitative estimate of drug-likeness (QED) is 0.354. The van der Waals surface area contributed by atoms with Crippen molar-refractivity contribution in [1.29, 1.82) is 0 Å². The highest BCUT2D eigenvalue weighted by Crippen LogP contribution is 2.30. The number of para-hydroxylation sites is 2. The minimum atomic E-state index is -0.282. The summed E-state index contributed by atoms with van der Waals surface area (Å²) in [7, 11) is 0. The van der Waals surface area contributed by atoms with Crippen molar-refractivity contribution in [2.75, 3.05) is 13.1 Å². The fraction of sp³-hybridized carbons (Fsp3) is 0.241. The molecular formula is C29H27FN6O2. The topological polar surface area (TPSA) is 99.7 Å². The molecule has 2 N–H and O–H groups in total. The van der Waals surface area contributed by atoms with Crippen molar-refractivity contribution in [2.24, 2.45) is 0 Å². The average Bonchev–Trinajstić information content (AvgIpc) is 3.53. The van der Waals surface area contributed by atoms with Crippen molar-refractivity contribution in [1.82, 2.24) is 29.6 Å². The molecule has 6 rings (SSSR count). The summed E-state index contributed by atoms with van der Waals surface area (Å²) in [6, 6.07) is 19.4. The Morgan fingerprint density at radius 3 is 2.47 bits per heavy atom. The van der Waals surface area contributed by atoms with E-state index in [0.717, 1.165) is 35.1 Å². The monoisotopic (exact) mass is 510 g/mol. The van der Waals surface area contributed by atoms with Gasteiger partial charge in [-0.1, -0.05) is 30.3 Å². The van der Waals surface area contributed by atoms with Crippen LogP contribution in [0.15, 0.2) is 77.7 Å². The Labute approximate surface area is 218 Å². The highest BCUT2D eigenvalue weighted by atomic mass is 19.1. The number of hydrogen-bond donors (Lipinski definition) is 2. The number of imidazole rings is 1. The van der Waals surface area contributed by atoms with E-state index in [9.17, 15) is 14.0 Å². The van der Waals surface area contributed by atoms with E-state index in [1.54, 1.807) is 30.5 Å². The predicted octanol–water partition coefficient (Wildman–Crippen LogP) is 4.38. The Bertz CT molecular complexity index is 1600. The Morgan fingerprint density at radius 1 is 0.974 bits per heavy atom. The summed E-state index contributed by atoms with van der Waals surface area (Å²) in [6.45, 7) is 1.16. The van der Waals surface area contributed by atoms with Crippen molar-refractivity contribution in [3.8, 4) is 5.95 Å². The van der Waals surface area contributed by atoms with Gasteiger partial charge in [0.25, 0.3) is 11.5 Å². The molecule has 0 radical (unpaired) electrons. The number of H-pyrrole nitrogens is 2. The summed E-state index contributed by atoms with van der Waals surface area (Å²) in [4.78, 5) is 40.4. The Morgan fingerprint density at radius 2 is 1.74 bits per heavy atom. The lowest BCUT2D eigenvalue weighted by Gasteiger charge is -2.31. The molecule has 0 saturated carbocycles. The number of rotatable bonds is 6. The maximum absolute atomic E-state index is 13.7. The van der Waals surface area contributed by atoms with Gasteiger partial charge < -0.3 is 9.88 Å². The number of aromatic amines is 2. The number of benzene rings is 2. The molecule has 0 unspecified atom stereocenters. The molecule has 0 spiro atoms. The van der Waals surface area contributed by atoms with Crippen molar-refractivity contribution in [2.45, 2.75) is 31.6 Å². The van der Waals surface area contributed by atoms with E-state index in [0.29, 0.717) is 43.1 Å². The number of amides is 1. The van der Waals surface area contributed by atoms with E-state index in [4.69, 9.17) is 0 Å². The number of aromatic nitrogens is 5. The molecule has 1 aliphatic heterocycles. The third kappa shape index (κ3) is 4.63. The zero-order valence-electron chi connectivity index (χ0n) is 20.7. The van der Waals surface area contributed by atoms with Gasteiger partial charge in [0.1, 0.15) is 11.5 Å². The SMILES string of the molecule is O=C(c1ccccn1)N1CCC(c2[nH]n(-c3nc4ccccc4[nH]3)c(=O)c2CCc2ccc(F)cc2)CC1. The highest BCUT2D eigenvalue weighted by Gasteiger charge is 2.29. The molecule has 5 aromatic rings. The molecule has 4 heterocycles. The third-order valence-corrected chi connectivity index (χ3v) is 7.26. The van der Waals surface area contributed by atoms with E-state index in [1.807, 2.05) is 35.2 Å². The molecule has 9 heteroatoms. The maximum Gasteiger partial charge on any atom is 0.277 e. The fourth-order valence-electron chi connectivity index (χ4n) is 5.21. The Kier molecular flexibility index (Phi) is 6.33. The van der Waals surface area contributed by atoms with Crippen LogP contribution in [-0.2, 0) is 12.8 Å². The summed E-state index contributed by atoms with van der Waals surface area (Å²) in [5, 5.41) is 3.35. The summed E-state index contributed by atoms with van der Waals surface area (Å²) in [6.07, 6.45) is 4.19. The lowest BCUT2D eigenvalue weighted by atomic mass is 9.89. The second kappa shape index (κ2) is 10.1. The predicted molar refractivity (Wildman–Crippen MR) is 142 cm³/mol. The highest BCUT2D eigenvalue weighted by molar-refractivity contribution is 5.92. The molecule has 1 aliphatic rings. The Balaban J connectivity index is 1.29. The maximum atomic E-state index is 13.7. The van der Waals surface area contributed by atoms with Gasteiger partial charge in [0, 0.05) is 36.5 Å². The molecule has 3 aromatic heterocycles. The molecule has 0 atom stereocenters. The van der Waals surface area contributed by atoms with Gasteiger partial charge in [-0.15, -0.1) is 0 Å². The van der Waals surface area contributed by atoms with Crippen LogP contribution in [0.1, 0.15) is 46.1 Å². The number of fused-ring (bicyclic) bond motifs is 1. The number of nitrogens with zero attached hydrogens (tertiary/aromatic N) is 4. The molecule has 38 heavy (non-hydrogen) atoms. The standard InChI is InChI=1S/C29H27FN6O2/c30-21-11-8-19(9-12-21)10-13-22-26(20-14-17-35(18-15-20)28(38)25-7-3-4-16-31-25)34-36(27(22)37)29-32-23-5-1-2-6-24(23)33-29/h1-9,11-12,16,20,34H,10,13-15,17-18H2,(H,32,33). The van der Waals surface area contributed by atoms with E-state index in [2.05, 4.69) is 20.1 Å². The zero-order valence-corrected chi connectivity index (χ0v) is 20.7. The summed E-state index contributed by atoms with van der Waals surface area (Å²) < 4.78 is 14.9. The van der Waals surface area contributed by atoms with Gasteiger partial charge in [-0.05, 0) is 67.6 Å². The number of carbonyl (C=O) groups excluding carboxylic acids is 1. The molecule has 1 amide bonds. The number of aryl methyl sites for hydroxylation is 1. The van der Waals surface area contributed by atoms with Gasteiger partial charge in [-0.3, -0.25) is 19.7 Å². The van der Waals surface area contributed by atoms with Crippen molar-refractivity contribution in [3.63, 3.8) is 0 Å². The van der Waals surface area contributed by atoms with Crippen LogP contribution in [0.4, 0.5) is 4.39 Å². The fourth-order valence-corrected chi connectivity index (χ4v) is 5.21. The van der Waals surface area contributed by atoms with Crippen molar-refractivity contribution in [3.05, 3.63) is 112 Å². The number of pyridine rings is 1. The third-order valence-electron chi connectivity index (χ3n) is 7.26. The van der Waals surface area contributed by atoms with Gasteiger partial charge in [0.15, 0.2) is 0 Å². The molecule has 1 saturated heterocycles. The van der Waals surface area contributed by atoms with Crippen LogP contribution >= 0.6 is 0 Å². The molecular weight excluding hydrogens is 483 g/mol. The van der Waals surface area contributed by atoms with E-state index < -0.39 is 0 Å². The van der Waals surface area contributed by atoms with Crippen LogP contribution < -0.4 is 5.56 Å². The lowest BCUT2D eigenvalue weighted by Crippen LogP contribution is -2.38. The number of nitrogens with one attached hydrogen (secondary N) is 2. The average molecular weight is 511 g/mol. The molecule has 1 fully saturated rings. The Hall–Kier alpha value is -4.53. The van der Waals surface area contributed by atoms with Crippen LogP contribution in [0.2, 0.25) is 0 Å². The molecule has 192 valence electrons. The summed E-state index contributed by atoms with van der Waals surface area (Å²) in [5.74, 6) is 0.168. The van der Waals surface area contributed by atoms with Crippen LogP contribution in [0.5, 0.6) is 0 Å². The van der Waals surface area contributed by atoms with Gasteiger partial charge in [0.05, 0.1) is 11.0 Å². The largest absolute Gasteiger partial charge is 0.337 e. The minimum absolute atomic E-state index is 0.0751. The van der Waals surface area contributed by atoms with Crippen LogP contribution in [-0.4, -0.2) is 48.6 Å². The van der Waals surface area contributed by atoms with Gasteiger partial charge >= 0.3 is 0 Å². The van der Waals surface area contributed by atoms with E-state index >= 15 is 0 Å². The van der Waals surface area contributed by atoms with Crippen LogP contribution in [0.3, 0.4) is 0 Å². The van der Waals surface area contributed by atoms with Crippen molar-refractivity contribution < 1.29 is 9.18 Å². The smallest absolute Gasteiger partial charge is 0.277 e. The first-order valence-corrected chi connectivity index (χ1v) is 12.8. The van der Waals surface area contributed by atoms with E-state index in [-0.39, 0.29) is 23.2 Å². The molecule has 0 aliphatic carbocycles. The molecule has 2 aromatic carbocycles. The lowest BCUT2D eigenvalue weighted by molar-refractivity contribution is 0.0706. The molecule has 0 bridgehead atoms. The molecule has 8 nitrogen and oxygen atoms in total. The second-order valence-electron chi connectivity index (χ2n) is 9.63. The van der Waals surface area contributed by atoms with E-state index in [1.165, 1.54) is 16.8 Å². The first-order chi connectivity index (χ1) is 18.6. The van der Waals surface area contributed by atoms with Gasteiger partial charge in [-0.25, -0.2) is 9.37 Å².